The summed E-state index contributed by atoms with van der Waals surface area (Å²) >= 11 is 0. The summed E-state index contributed by atoms with van der Waals surface area (Å²) in [5.41, 5.74) is 2.26. The number of para-hydroxylation sites is 1. The highest BCUT2D eigenvalue weighted by molar-refractivity contribution is 6.06. The number of carbonyl (C=O) groups is 1. The van der Waals surface area contributed by atoms with Gasteiger partial charge < -0.3 is 14.5 Å². The standard InChI is InChI=1S/C24H17NO3/c26-24(15-27-21-11-5-7-16-6-1-2-8-18(16)21)25-17-12-13-20-19-9-3-4-10-22(19)28-23(20)14-17/h1-14H,15H2,(H,25,26). The van der Waals surface area contributed by atoms with E-state index in [0.29, 0.717) is 11.4 Å². The summed E-state index contributed by atoms with van der Waals surface area (Å²) in [6.07, 6.45) is 0. The van der Waals surface area contributed by atoms with Crippen LogP contribution in [0.25, 0.3) is 32.7 Å². The molecule has 0 fully saturated rings. The van der Waals surface area contributed by atoms with E-state index in [1.165, 1.54) is 0 Å². The Labute approximate surface area is 161 Å². The minimum Gasteiger partial charge on any atom is -0.483 e. The summed E-state index contributed by atoms with van der Waals surface area (Å²) in [5, 5.41) is 7.03. The number of rotatable bonds is 4. The zero-order valence-corrected chi connectivity index (χ0v) is 15.0. The molecule has 0 atom stereocenters. The van der Waals surface area contributed by atoms with Gasteiger partial charge in [-0.15, -0.1) is 0 Å². The van der Waals surface area contributed by atoms with Crippen LogP contribution < -0.4 is 10.1 Å². The van der Waals surface area contributed by atoms with Crippen molar-refractivity contribution in [1.82, 2.24) is 0 Å². The van der Waals surface area contributed by atoms with Crippen molar-refractivity contribution in [3.05, 3.63) is 84.9 Å². The fourth-order valence-corrected chi connectivity index (χ4v) is 3.47. The molecule has 4 heteroatoms. The van der Waals surface area contributed by atoms with Gasteiger partial charge in [-0.25, -0.2) is 0 Å². The first-order valence-corrected chi connectivity index (χ1v) is 9.10. The molecule has 5 rings (SSSR count). The number of carbonyl (C=O) groups excluding carboxylic acids is 1. The third-order valence-electron chi connectivity index (χ3n) is 4.77. The lowest BCUT2D eigenvalue weighted by Gasteiger charge is -2.10. The first-order chi connectivity index (χ1) is 13.8. The van der Waals surface area contributed by atoms with Crippen LogP contribution in [0.3, 0.4) is 0 Å². The maximum Gasteiger partial charge on any atom is 0.262 e. The Bertz CT molecular complexity index is 1310. The fraction of sp³-hybridized carbons (Fsp3) is 0.0417. The second-order valence-electron chi connectivity index (χ2n) is 6.62. The van der Waals surface area contributed by atoms with Crippen LogP contribution in [0.1, 0.15) is 0 Å². The van der Waals surface area contributed by atoms with Crippen molar-refractivity contribution < 1.29 is 13.9 Å². The first-order valence-electron chi connectivity index (χ1n) is 9.10. The van der Waals surface area contributed by atoms with Crippen LogP contribution in [0.2, 0.25) is 0 Å². The van der Waals surface area contributed by atoms with Crippen molar-refractivity contribution in [2.75, 3.05) is 11.9 Å². The van der Waals surface area contributed by atoms with Crippen molar-refractivity contribution in [2.24, 2.45) is 0 Å². The van der Waals surface area contributed by atoms with Crippen LogP contribution in [0.4, 0.5) is 5.69 Å². The third kappa shape index (κ3) is 2.95. The maximum absolute atomic E-state index is 12.4. The minimum absolute atomic E-state index is 0.0633. The molecule has 0 radical (unpaired) electrons. The number of benzene rings is 4. The molecule has 1 aromatic heterocycles. The highest BCUT2D eigenvalue weighted by atomic mass is 16.5. The lowest BCUT2D eigenvalue weighted by molar-refractivity contribution is -0.118. The molecule has 0 aliphatic carbocycles. The molecule has 0 saturated heterocycles. The molecule has 4 aromatic carbocycles. The third-order valence-corrected chi connectivity index (χ3v) is 4.77. The van der Waals surface area contributed by atoms with Gasteiger partial charge >= 0.3 is 0 Å². The average Bonchev–Trinajstić information content (AvgIpc) is 3.10. The van der Waals surface area contributed by atoms with Gasteiger partial charge in [0.2, 0.25) is 0 Å². The maximum atomic E-state index is 12.4. The van der Waals surface area contributed by atoms with Crippen LogP contribution >= 0.6 is 0 Å². The largest absolute Gasteiger partial charge is 0.483 e. The van der Waals surface area contributed by atoms with Crippen LogP contribution in [0.15, 0.2) is 89.3 Å². The Kier molecular flexibility index (Phi) is 3.95. The van der Waals surface area contributed by atoms with Crippen LogP contribution in [0.5, 0.6) is 5.75 Å². The van der Waals surface area contributed by atoms with E-state index in [4.69, 9.17) is 9.15 Å². The van der Waals surface area contributed by atoms with Gasteiger partial charge in [0.15, 0.2) is 6.61 Å². The first kappa shape index (κ1) is 16.4. The van der Waals surface area contributed by atoms with Crippen molar-refractivity contribution >= 4 is 44.3 Å². The predicted molar refractivity (Wildman–Crippen MR) is 112 cm³/mol. The van der Waals surface area contributed by atoms with E-state index in [9.17, 15) is 4.79 Å². The molecule has 1 N–H and O–H groups in total. The monoisotopic (exact) mass is 367 g/mol. The van der Waals surface area contributed by atoms with E-state index in [2.05, 4.69) is 5.32 Å². The molecule has 4 nitrogen and oxygen atoms in total. The fourth-order valence-electron chi connectivity index (χ4n) is 3.47. The van der Waals surface area contributed by atoms with E-state index in [1.807, 2.05) is 84.9 Å². The molecule has 5 aromatic rings. The van der Waals surface area contributed by atoms with Crippen LogP contribution in [-0.4, -0.2) is 12.5 Å². The van der Waals surface area contributed by atoms with Gasteiger partial charge in [0.1, 0.15) is 16.9 Å². The molecule has 0 saturated carbocycles. The second kappa shape index (κ2) is 6.74. The molecule has 0 spiro atoms. The average molecular weight is 367 g/mol. The smallest absolute Gasteiger partial charge is 0.262 e. The Morgan fingerprint density at radius 2 is 1.54 bits per heavy atom. The number of ether oxygens (including phenoxy) is 1. The van der Waals surface area contributed by atoms with Crippen molar-refractivity contribution in [3.8, 4) is 5.75 Å². The zero-order chi connectivity index (χ0) is 18.9. The van der Waals surface area contributed by atoms with Crippen molar-refractivity contribution in [2.45, 2.75) is 0 Å². The van der Waals surface area contributed by atoms with E-state index in [1.54, 1.807) is 0 Å². The number of anilines is 1. The minimum atomic E-state index is -0.219. The Balaban J connectivity index is 1.33. The number of fused-ring (bicyclic) bond motifs is 4. The topological polar surface area (TPSA) is 51.5 Å². The van der Waals surface area contributed by atoms with Gasteiger partial charge in [-0.3, -0.25) is 4.79 Å². The van der Waals surface area contributed by atoms with Crippen LogP contribution in [0, 0.1) is 0 Å². The molecule has 0 aliphatic rings. The Morgan fingerprint density at radius 3 is 2.46 bits per heavy atom. The predicted octanol–water partition coefficient (Wildman–Crippen LogP) is 5.76. The van der Waals surface area contributed by atoms with E-state index >= 15 is 0 Å². The molecular formula is C24H17NO3. The van der Waals surface area contributed by atoms with Crippen LogP contribution in [-0.2, 0) is 4.79 Å². The van der Waals surface area contributed by atoms with E-state index < -0.39 is 0 Å². The van der Waals surface area contributed by atoms with Crippen molar-refractivity contribution in [1.29, 1.82) is 0 Å². The Morgan fingerprint density at radius 1 is 0.786 bits per heavy atom. The van der Waals surface area contributed by atoms with Gasteiger partial charge in [0.25, 0.3) is 5.91 Å². The lowest BCUT2D eigenvalue weighted by atomic mass is 10.1. The van der Waals surface area contributed by atoms with Gasteiger partial charge in [0, 0.05) is 27.9 Å². The highest BCUT2D eigenvalue weighted by Crippen LogP contribution is 2.30. The molecular weight excluding hydrogens is 350 g/mol. The molecule has 0 aliphatic heterocycles. The lowest BCUT2D eigenvalue weighted by Crippen LogP contribution is -2.20. The molecule has 1 amide bonds. The molecule has 136 valence electrons. The summed E-state index contributed by atoms with van der Waals surface area (Å²) in [5.74, 6) is 0.476. The highest BCUT2D eigenvalue weighted by Gasteiger charge is 2.10. The quantitative estimate of drug-likeness (QED) is 0.439. The molecule has 1 heterocycles. The van der Waals surface area contributed by atoms with Gasteiger partial charge in [-0.1, -0.05) is 54.6 Å². The van der Waals surface area contributed by atoms with Gasteiger partial charge in [-0.05, 0) is 29.7 Å². The summed E-state index contributed by atoms with van der Waals surface area (Å²) in [7, 11) is 0. The molecule has 28 heavy (non-hydrogen) atoms. The van der Waals surface area contributed by atoms with E-state index in [0.717, 1.165) is 32.7 Å². The van der Waals surface area contributed by atoms with Crippen molar-refractivity contribution in [3.63, 3.8) is 0 Å². The number of hydrogen-bond donors (Lipinski definition) is 1. The second-order valence-corrected chi connectivity index (χ2v) is 6.62. The number of nitrogens with one attached hydrogen (secondary N) is 1. The summed E-state index contributed by atoms with van der Waals surface area (Å²) < 4.78 is 11.6. The summed E-state index contributed by atoms with van der Waals surface area (Å²) in [6, 6.07) is 27.3. The van der Waals surface area contributed by atoms with E-state index in [-0.39, 0.29) is 12.5 Å². The number of furan rings is 1. The zero-order valence-electron chi connectivity index (χ0n) is 15.0. The number of amides is 1. The number of hydrogen-bond acceptors (Lipinski definition) is 3. The molecule has 0 unspecified atom stereocenters. The molecule has 0 bridgehead atoms. The van der Waals surface area contributed by atoms with Gasteiger partial charge in [-0.2, -0.15) is 0 Å². The SMILES string of the molecule is O=C(COc1cccc2ccccc12)Nc1ccc2c(c1)oc1ccccc12. The summed E-state index contributed by atoms with van der Waals surface area (Å²) in [4.78, 5) is 12.4. The van der Waals surface area contributed by atoms with Gasteiger partial charge in [0.05, 0.1) is 0 Å². The Hall–Kier alpha value is -3.79. The normalized spacial score (nSPS) is 11.1. The summed E-state index contributed by atoms with van der Waals surface area (Å²) in [6.45, 7) is -0.0633.